The van der Waals surface area contributed by atoms with Gasteiger partial charge in [-0.2, -0.15) is 10.1 Å². The molecule has 1 aliphatic rings. The van der Waals surface area contributed by atoms with E-state index in [0.29, 0.717) is 18.1 Å². The molecule has 2 heterocycles. The van der Waals surface area contributed by atoms with Crippen LogP contribution in [0.25, 0.3) is 11.4 Å². The summed E-state index contributed by atoms with van der Waals surface area (Å²) in [6.45, 7) is 0. The lowest BCUT2D eigenvalue weighted by Gasteiger charge is -2.20. The lowest BCUT2D eigenvalue weighted by molar-refractivity contribution is 0.329. The first-order valence-electron chi connectivity index (χ1n) is 6.25. The van der Waals surface area contributed by atoms with Crippen molar-refractivity contribution < 1.29 is 4.52 Å². The number of nitrogens with two attached hydrogens (primary N) is 1. The quantitative estimate of drug-likeness (QED) is 0.883. The molecule has 2 aromatic heterocycles. The van der Waals surface area contributed by atoms with E-state index in [1.165, 1.54) is 12.8 Å². The third-order valence-electron chi connectivity index (χ3n) is 3.53. The maximum Gasteiger partial charge on any atom is 0.228 e. The zero-order valence-electron chi connectivity index (χ0n) is 10.5. The van der Waals surface area contributed by atoms with Crippen LogP contribution in [0.4, 0.5) is 0 Å². The van der Waals surface area contributed by atoms with Gasteiger partial charge in [-0.15, -0.1) is 0 Å². The van der Waals surface area contributed by atoms with Crippen molar-refractivity contribution in [1.29, 1.82) is 0 Å². The van der Waals surface area contributed by atoms with E-state index in [2.05, 4.69) is 15.2 Å². The summed E-state index contributed by atoms with van der Waals surface area (Å²) < 4.78 is 6.99. The molecule has 0 spiro atoms. The van der Waals surface area contributed by atoms with Gasteiger partial charge in [-0.1, -0.05) is 18.0 Å². The van der Waals surface area contributed by atoms with Crippen molar-refractivity contribution in [3.05, 3.63) is 18.3 Å². The average molecular weight is 247 g/mol. The molecule has 2 aromatic rings. The molecule has 0 unspecified atom stereocenters. The molecule has 0 aliphatic heterocycles. The molecule has 3 rings (SSSR count). The lowest BCUT2D eigenvalue weighted by atomic mass is 9.95. The van der Waals surface area contributed by atoms with Crippen LogP contribution in [0.1, 0.15) is 31.6 Å². The summed E-state index contributed by atoms with van der Waals surface area (Å²) in [5, 5.41) is 8.07. The number of aryl methyl sites for hydroxylation is 1. The average Bonchev–Trinajstić information content (AvgIpc) is 3.01. The highest BCUT2D eigenvalue weighted by atomic mass is 16.5. The van der Waals surface area contributed by atoms with Gasteiger partial charge >= 0.3 is 0 Å². The highest BCUT2D eigenvalue weighted by Gasteiger charge is 2.31. The minimum absolute atomic E-state index is 0.154. The molecule has 2 N–H and O–H groups in total. The van der Waals surface area contributed by atoms with Gasteiger partial charge in [0.15, 0.2) is 0 Å². The van der Waals surface area contributed by atoms with Gasteiger partial charge in [-0.3, -0.25) is 4.68 Å². The zero-order valence-corrected chi connectivity index (χ0v) is 10.5. The van der Waals surface area contributed by atoms with E-state index < -0.39 is 0 Å². The van der Waals surface area contributed by atoms with Gasteiger partial charge in [0.25, 0.3) is 0 Å². The fraction of sp³-hybridized carbons (Fsp3) is 0.583. The van der Waals surface area contributed by atoms with Crippen LogP contribution in [0.3, 0.4) is 0 Å². The van der Waals surface area contributed by atoms with Crippen molar-refractivity contribution >= 4 is 0 Å². The predicted molar refractivity (Wildman–Crippen MR) is 65.6 cm³/mol. The maximum absolute atomic E-state index is 6.30. The van der Waals surface area contributed by atoms with E-state index in [4.69, 9.17) is 10.3 Å². The van der Waals surface area contributed by atoms with E-state index in [9.17, 15) is 0 Å². The zero-order chi connectivity index (χ0) is 12.6. The van der Waals surface area contributed by atoms with Crippen molar-refractivity contribution in [2.24, 2.45) is 12.8 Å². The molecule has 6 heteroatoms. The Balaban J connectivity index is 1.77. The van der Waals surface area contributed by atoms with Crippen LogP contribution in [0.15, 0.2) is 16.9 Å². The van der Waals surface area contributed by atoms with Gasteiger partial charge in [-0.05, 0) is 12.8 Å². The van der Waals surface area contributed by atoms with Gasteiger partial charge in [0.1, 0.15) is 0 Å². The number of nitrogens with zero attached hydrogens (tertiary/aromatic N) is 4. The number of hydrogen-bond donors (Lipinski definition) is 1. The Bertz CT molecular complexity index is 538. The topological polar surface area (TPSA) is 82.8 Å². The van der Waals surface area contributed by atoms with E-state index >= 15 is 0 Å². The fourth-order valence-corrected chi connectivity index (χ4v) is 2.54. The third-order valence-corrected chi connectivity index (χ3v) is 3.53. The van der Waals surface area contributed by atoms with Crippen LogP contribution in [0, 0.1) is 0 Å². The first kappa shape index (κ1) is 11.4. The van der Waals surface area contributed by atoms with Crippen molar-refractivity contribution in [2.75, 3.05) is 0 Å². The summed E-state index contributed by atoms with van der Waals surface area (Å²) in [5.41, 5.74) is 7.01. The van der Waals surface area contributed by atoms with Crippen molar-refractivity contribution in [1.82, 2.24) is 19.9 Å². The van der Waals surface area contributed by atoms with Crippen LogP contribution >= 0.6 is 0 Å². The Hall–Kier alpha value is -1.69. The molecule has 0 radical (unpaired) electrons. The smallest absolute Gasteiger partial charge is 0.228 e. The van der Waals surface area contributed by atoms with E-state index in [-0.39, 0.29) is 5.54 Å². The SMILES string of the molecule is Cn1cc(-c2noc(CC3(N)CCCC3)n2)cn1. The predicted octanol–water partition coefficient (Wildman–Crippen LogP) is 1.28. The molecule has 0 saturated heterocycles. The van der Waals surface area contributed by atoms with Gasteiger partial charge in [0, 0.05) is 25.2 Å². The maximum atomic E-state index is 6.30. The number of hydrogen-bond acceptors (Lipinski definition) is 5. The molecular weight excluding hydrogens is 230 g/mol. The summed E-state index contributed by atoms with van der Waals surface area (Å²) in [4.78, 5) is 4.39. The molecule has 0 amide bonds. The van der Waals surface area contributed by atoms with Gasteiger partial charge < -0.3 is 10.3 Å². The second-order valence-electron chi connectivity index (χ2n) is 5.16. The molecule has 0 bridgehead atoms. The summed E-state index contributed by atoms with van der Waals surface area (Å²) >= 11 is 0. The molecule has 96 valence electrons. The third kappa shape index (κ3) is 2.15. The fourth-order valence-electron chi connectivity index (χ4n) is 2.54. The molecule has 6 nitrogen and oxygen atoms in total. The summed E-state index contributed by atoms with van der Waals surface area (Å²) in [6, 6.07) is 0. The Morgan fingerprint density at radius 2 is 2.22 bits per heavy atom. The first-order valence-corrected chi connectivity index (χ1v) is 6.25. The standard InChI is InChI=1S/C12H17N5O/c1-17-8-9(7-14-17)11-15-10(18-16-11)6-12(13)4-2-3-5-12/h7-8H,2-6,13H2,1H3. The lowest BCUT2D eigenvalue weighted by Crippen LogP contribution is -2.38. The van der Waals surface area contributed by atoms with E-state index in [1.807, 2.05) is 13.2 Å². The van der Waals surface area contributed by atoms with Crippen molar-refractivity contribution in [2.45, 2.75) is 37.6 Å². The van der Waals surface area contributed by atoms with Crippen LogP contribution in [0.2, 0.25) is 0 Å². The van der Waals surface area contributed by atoms with Gasteiger partial charge in [0.05, 0.1) is 11.8 Å². The van der Waals surface area contributed by atoms with Crippen molar-refractivity contribution in [3.8, 4) is 11.4 Å². The molecule has 1 fully saturated rings. The van der Waals surface area contributed by atoms with Gasteiger partial charge in [-0.25, -0.2) is 0 Å². The number of aromatic nitrogens is 4. The van der Waals surface area contributed by atoms with Crippen molar-refractivity contribution in [3.63, 3.8) is 0 Å². The Kier molecular flexibility index (Phi) is 2.66. The summed E-state index contributed by atoms with van der Waals surface area (Å²) in [7, 11) is 1.86. The molecule has 18 heavy (non-hydrogen) atoms. The van der Waals surface area contributed by atoms with E-state index in [1.54, 1.807) is 10.9 Å². The normalized spacial score (nSPS) is 18.3. The van der Waals surface area contributed by atoms with Gasteiger partial charge in [0.2, 0.25) is 11.7 Å². The van der Waals surface area contributed by atoms with Crippen LogP contribution in [0.5, 0.6) is 0 Å². The highest BCUT2D eigenvalue weighted by Crippen LogP contribution is 2.30. The minimum Gasteiger partial charge on any atom is -0.339 e. The largest absolute Gasteiger partial charge is 0.339 e. The molecule has 1 saturated carbocycles. The van der Waals surface area contributed by atoms with Crippen LogP contribution in [-0.2, 0) is 13.5 Å². The summed E-state index contributed by atoms with van der Waals surface area (Å²) in [6.07, 6.45) is 8.72. The van der Waals surface area contributed by atoms with Crippen LogP contribution in [-0.4, -0.2) is 25.5 Å². The van der Waals surface area contributed by atoms with Crippen LogP contribution < -0.4 is 5.73 Å². The Morgan fingerprint density at radius 3 is 2.89 bits per heavy atom. The Morgan fingerprint density at radius 1 is 1.44 bits per heavy atom. The van der Waals surface area contributed by atoms with E-state index in [0.717, 1.165) is 18.4 Å². The second kappa shape index (κ2) is 4.20. The first-order chi connectivity index (χ1) is 8.65. The molecule has 0 aromatic carbocycles. The monoisotopic (exact) mass is 247 g/mol. The molecular formula is C12H17N5O. The molecule has 1 aliphatic carbocycles. The summed E-state index contributed by atoms with van der Waals surface area (Å²) in [5.74, 6) is 1.21. The highest BCUT2D eigenvalue weighted by molar-refractivity contribution is 5.50. The number of rotatable bonds is 3. The second-order valence-corrected chi connectivity index (χ2v) is 5.16. The Labute approximate surface area is 105 Å². The molecule has 0 atom stereocenters. The minimum atomic E-state index is -0.154.